The summed E-state index contributed by atoms with van der Waals surface area (Å²) in [6.45, 7) is 0.389. The summed E-state index contributed by atoms with van der Waals surface area (Å²) in [5, 5.41) is 3.53. The van der Waals surface area contributed by atoms with E-state index in [1.165, 1.54) is 5.12 Å². The molecule has 6 heteroatoms. The van der Waals surface area contributed by atoms with Crippen molar-refractivity contribution in [1.29, 1.82) is 0 Å². The van der Waals surface area contributed by atoms with Crippen molar-refractivity contribution in [1.82, 2.24) is 10.1 Å². The first-order valence-corrected chi connectivity index (χ1v) is 4.10. The zero-order valence-electron chi connectivity index (χ0n) is 7.07. The number of hydrazine groups is 2. The fourth-order valence-electron chi connectivity index (χ4n) is 1.25. The maximum atomic E-state index is 5.92. The van der Waals surface area contributed by atoms with Crippen LogP contribution in [0.15, 0.2) is 28.1 Å². The molecule has 2 aliphatic heterocycles. The van der Waals surface area contributed by atoms with Crippen LogP contribution in [-0.4, -0.2) is 29.7 Å². The molecule has 2 aliphatic rings. The van der Waals surface area contributed by atoms with Gasteiger partial charge in [0.15, 0.2) is 11.6 Å². The Balaban J connectivity index is 2.38. The number of amidine groups is 1. The fourth-order valence-corrected chi connectivity index (χ4v) is 1.49. The third-order valence-electron chi connectivity index (χ3n) is 1.84. The van der Waals surface area contributed by atoms with Gasteiger partial charge in [-0.1, -0.05) is 11.6 Å². The minimum atomic E-state index is 0.389. The van der Waals surface area contributed by atoms with E-state index in [0.29, 0.717) is 23.4 Å². The lowest BCUT2D eigenvalue weighted by atomic mass is 10.3. The van der Waals surface area contributed by atoms with E-state index in [-0.39, 0.29) is 0 Å². The molecule has 0 aliphatic carbocycles. The van der Waals surface area contributed by atoms with Crippen molar-refractivity contribution >= 4 is 17.4 Å². The maximum Gasteiger partial charge on any atom is 0.189 e. The van der Waals surface area contributed by atoms with E-state index in [2.05, 4.69) is 4.99 Å². The van der Waals surface area contributed by atoms with Crippen LogP contribution in [0.1, 0.15) is 0 Å². The summed E-state index contributed by atoms with van der Waals surface area (Å²) in [6.07, 6.45) is 3.47. The molecule has 0 radical (unpaired) electrons. The molecule has 0 saturated carbocycles. The third kappa shape index (κ3) is 1.21. The molecule has 2 heterocycles. The number of ether oxygens (including phenoxy) is 1. The first kappa shape index (κ1) is 8.55. The summed E-state index contributed by atoms with van der Waals surface area (Å²) >= 11 is 5.92. The van der Waals surface area contributed by atoms with E-state index in [1.54, 1.807) is 24.3 Å². The van der Waals surface area contributed by atoms with E-state index in [9.17, 15) is 0 Å². The van der Waals surface area contributed by atoms with Gasteiger partial charge in [-0.3, -0.25) is 0 Å². The molecule has 70 valence electrons. The van der Waals surface area contributed by atoms with Crippen molar-refractivity contribution in [3.63, 3.8) is 0 Å². The molecule has 0 amide bonds. The second kappa shape index (κ2) is 3.02. The zero-order valence-corrected chi connectivity index (χ0v) is 7.82. The van der Waals surface area contributed by atoms with Gasteiger partial charge >= 0.3 is 0 Å². The summed E-state index contributed by atoms with van der Waals surface area (Å²) in [4.78, 5) is 4.17. The van der Waals surface area contributed by atoms with Gasteiger partial charge in [-0.25, -0.2) is 15.8 Å². The second-order valence-electron chi connectivity index (χ2n) is 2.60. The highest BCUT2D eigenvalue weighted by Crippen LogP contribution is 2.24. The lowest BCUT2D eigenvalue weighted by Gasteiger charge is -2.27. The molecule has 0 aromatic rings. The molecule has 0 aromatic heterocycles. The number of halogens is 1. The van der Waals surface area contributed by atoms with Gasteiger partial charge in [0.2, 0.25) is 0 Å². The number of aliphatic imine (C=N–C) groups is 1. The van der Waals surface area contributed by atoms with Crippen molar-refractivity contribution < 1.29 is 4.74 Å². The molecular formula is C7H9ClN4O. The van der Waals surface area contributed by atoms with Gasteiger partial charge in [-0.2, -0.15) is 0 Å². The second-order valence-corrected chi connectivity index (χ2v) is 2.99. The van der Waals surface area contributed by atoms with Crippen LogP contribution in [0, 0.1) is 0 Å². The number of fused-ring (bicyclic) bond motifs is 1. The quantitative estimate of drug-likeness (QED) is 0.491. The topological polar surface area (TPSA) is 54.1 Å². The molecule has 5 nitrogen and oxygen atoms in total. The highest BCUT2D eigenvalue weighted by molar-refractivity contribution is 6.31. The average molecular weight is 201 g/mol. The fraction of sp³-hybridized carbons (Fsp3) is 0.286. The summed E-state index contributed by atoms with van der Waals surface area (Å²) in [7, 11) is 1.58. The Morgan fingerprint density at radius 3 is 3.08 bits per heavy atom. The molecule has 0 bridgehead atoms. The predicted molar refractivity (Wildman–Crippen MR) is 49.2 cm³/mol. The average Bonchev–Trinajstić information content (AvgIpc) is 2.50. The van der Waals surface area contributed by atoms with Gasteiger partial charge < -0.3 is 4.74 Å². The Kier molecular flexibility index (Phi) is 1.99. The number of methoxy groups -OCH3 is 1. The standard InChI is InChI=1S/C7H9ClN4O/c1-13-5-2-3-6(8)12-7(5)10-4-11(12)9/h2-3H,4,9H2,1H3. The predicted octanol–water partition coefficient (Wildman–Crippen LogP) is 0.373. The number of hydrogen-bond donors (Lipinski definition) is 1. The Bertz CT molecular complexity index is 322. The van der Waals surface area contributed by atoms with Crippen LogP contribution in [0.4, 0.5) is 0 Å². The summed E-state index contributed by atoms with van der Waals surface area (Å²) in [5.41, 5.74) is 0. The van der Waals surface area contributed by atoms with Gasteiger partial charge in [0.25, 0.3) is 0 Å². The number of hydrogen-bond acceptors (Lipinski definition) is 5. The van der Waals surface area contributed by atoms with Crippen molar-refractivity contribution in [2.45, 2.75) is 0 Å². The maximum absolute atomic E-state index is 5.92. The van der Waals surface area contributed by atoms with Crippen LogP contribution in [0.3, 0.4) is 0 Å². The first-order valence-electron chi connectivity index (χ1n) is 3.72. The van der Waals surface area contributed by atoms with Crippen molar-refractivity contribution in [2.75, 3.05) is 13.8 Å². The molecule has 2 rings (SSSR count). The molecule has 0 atom stereocenters. The highest BCUT2D eigenvalue weighted by Gasteiger charge is 2.30. The van der Waals surface area contributed by atoms with Crippen LogP contribution in [0.2, 0.25) is 0 Å². The monoisotopic (exact) mass is 200 g/mol. The number of nitrogens with zero attached hydrogens (tertiary/aromatic N) is 3. The van der Waals surface area contributed by atoms with Crippen LogP contribution in [-0.2, 0) is 4.74 Å². The van der Waals surface area contributed by atoms with E-state index in [0.717, 1.165) is 0 Å². The normalized spacial score (nSPS) is 22.1. The van der Waals surface area contributed by atoms with E-state index in [1.807, 2.05) is 0 Å². The Morgan fingerprint density at radius 1 is 1.62 bits per heavy atom. The summed E-state index contributed by atoms with van der Waals surface area (Å²) in [5.74, 6) is 6.95. The van der Waals surface area contributed by atoms with Crippen LogP contribution >= 0.6 is 11.6 Å². The lowest BCUT2D eigenvalue weighted by molar-refractivity contribution is 0.109. The molecular weight excluding hydrogens is 192 g/mol. The molecule has 0 unspecified atom stereocenters. The third-order valence-corrected chi connectivity index (χ3v) is 2.12. The van der Waals surface area contributed by atoms with E-state index in [4.69, 9.17) is 22.2 Å². The molecule has 0 fully saturated rings. The smallest absolute Gasteiger partial charge is 0.189 e. The van der Waals surface area contributed by atoms with Gasteiger partial charge in [-0.15, -0.1) is 5.12 Å². The molecule has 0 saturated heterocycles. The highest BCUT2D eigenvalue weighted by atomic mass is 35.5. The van der Waals surface area contributed by atoms with Gasteiger partial charge in [0, 0.05) is 0 Å². The number of allylic oxidation sites excluding steroid dienone is 2. The molecule has 13 heavy (non-hydrogen) atoms. The van der Waals surface area contributed by atoms with Crippen LogP contribution in [0.25, 0.3) is 0 Å². The largest absolute Gasteiger partial charge is 0.493 e. The Morgan fingerprint density at radius 2 is 2.38 bits per heavy atom. The van der Waals surface area contributed by atoms with Crippen molar-refractivity contribution in [2.24, 2.45) is 10.8 Å². The molecule has 0 spiro atoms. The summed E-state index contributed by atoms with van der Waals surface area (Å²) < 4.78 is 5.10. The minimum Gasteiger partial charge on any atom is -0.493 e. The van der Waals surface area contributed by atoms with E-state index >= 15 is 0 Å². The van der Waals surface area contributed by atoms with Crippen LogP contribution in [0.5, 0.6) is 0 Å². The SMILES string of the molecule is COC1=CC=C(Cl)N2C1=NCN2N. The van der Waals surface area contributed by atoms with Crippen molar-refractivity contribution in [3.05, 3.63) is 23.1 Å². The van der Waals surface area contributed by atoms with Gasteiger partial charge in [-0.05, 0) is 12.2 Å². The molecule has 2 N–H and O–H groups in total. The minimum absolute atomic E-state index is 0.389. The number of nitrogens with two attached hydrogens (primary N) is 1. The van der Waals surface area contributed by atoms with Crippen LogP contribution < -0.4 is 5.84 Å². The van der Waals surface area contributed by atoms with Gasteiger partial charge in [0.1, 0.15) is 11.8 Å². The molecule has 0 aromatic carbocycles. The van der Waals surface area contributed by atoms with Gasteiger partial charge in [0.05, 0.1) is 7.11 Å². The Labute approximate surface area is 80.6 Å². The van der Waals surface area contributed by atoms with E-state index < -0.39 is 0 Å². The zero-order chi connectivity index (χ0) is 9.42. The Hall–Kier alpha value is -1.04. The number of rotatable bonds is 1. The lowest BCUT2D eigenvalue weighted by Crippen LogP contribution is -2.45. The van der Waals surface area contributed by atoms with Crippen molar-refractivity contribution in [3.8, 4) is 0 Å². The summed E-state index contributed by atoms with van der Waals surface area (Å²) in [6, 6.07) is 0. The first-order chi connectivity index (χ1) is 6.24.